The molecule has 2 aliphatic heterocycles. The first kappa shape index (κ1) is 23.4. The second-order valence-electron chi connectivity index (χ2n) is 8.29. The molecule has 0 saturated carbocycles. The fourth-order valence-electron chi connectivity index (χ4n) is 4.24. The van der Waals surface area contributed by atoms with Crippen molar-refractivity contribution >= 4 is 11.6 Å². The summed E-state index contributed by atoms with van der Waals surface area (Å²) in [6, 6.07) is 13.3. The van der Waals surface area contributed by atoms with E-state index in [1.54, 1.807) is 12.1 Å². The van der Waals surface area contributed by atoms with Gasteiger partial charge in [0.05, 0.1) is 25.9 Å². The topological polar surface area (TPSA) is 97.6 Å². The van der Waals surface area contributed by atoms with Crippen LogP contribution in [-0.2, 0) is 26.4 Å². The maximum atomic E-state index is 10.3. The van der Waals surface area contributed by atoms with Crippen LogP contribution in [-0.4, -0.2) is 66.7 Å². The van der Waals surface area contributed by atoms with E-state index in [0.29, 0.717) is 23.6 Å². The summed E-state index contributed by atoms with van der Waals surface area (Å²) in [5.41, 5.74) is 2.58. The molecule has 3 N–H and O–H groups in total. The molecule has 5 atom stereocenters. The lowest BCUT2D eigenvalue weighted by Crippen LogP contribution is -2.55. The zero-order valence-corrected chi connectivity index (χ0v) is 18.7. The summed E-state index contributed by atoms with van der Waals surface area (Å²) in [5.74, 6) is -0.493. The molecule has 0 spiro atoms. The molecule has 7 nitrogen and oxygen atoms in total. The summed E-state index contributed by atoms with van der Waals surface area (Å²) in [6.07, 6.45) is -1.65. The average molecular weight is 465 g/mol. The molecule has 32 heavy (non-hydrogen) atoms. The summed E-state index contributed by atoms with van der Waals surface area (Å²) >= 11 is 6.48. The first-order valence-electron chi connectivity index (χ1n) is 10.8. The standard InChI is InChI=1S/C24H29ClO7/c1-29-24(12-21(27)23(28)22(13-26)32-24)17-4-7-20(25)16(11-17)10-15-2-5-18(6-3-15)31-19-8-9-30-14-19/h2-7,11,19,21-23,26-28H,8-10,12-14H2,1H3/t19?,21?,22?,23-,24+/m0/s1. The highest BCUT2D eigenvalue weighted by molar-refractivity contribution is 6.31. The lowest BCUT2D eigenvalue weighted by atomic mass is 9.89. The summed E-state index contributed by atoms with van der Waals surface area (Å²) in [7, 11) is 1.47. The first-order chi connectivity index (χ1) is 15.4. The maximum absolute atomic E-state index is 10.3. The normalized spacial score (nSPS) is 30.4. The van der Waals surface area contributed by atoms with Crippen LogP contribution < -0.4 is 4.74 Å². The Morgan fingerprint density at radius 3 is 2.59 bits per heavy atom. The number of aliphatic hydroxyl groups excluding tert-OH is 3. The van der Waals surface area contributed by atoms with Crippen molar-refractivity contribution in [3.63, 3.8) is 0 Å². The number of aliphatic hydroxyl groups is 3. The molecule has 0 amide bonds. The number of ether oxygens (including phenoxy) is 4. The van der Waals surface area contributed by atoms with Crippen molar-refractivity contribution in [3.8, 4) is 5.75 Å². The molecule has 0 bridgehead atoms. The zero-order valence-electron chi connectivity index (χ0n) is 17.9. The van der Waals surface area contributed by atoms with Crippen LogP contribution in [0.1, 0.15) is 29.5 Å². The molecule has 0 aliphatic carbocycles. The monoisotopic (exact) mass is 464 g/mol. The van der Waals surface area contributed by atoms with E-state index in [9.17, 15) is 15.3 Å². The molecule has 3 unspecified atom stereocenters. The van der Waals surface area contributed by atoms with Crippen LogP contribution in [0.15, 0.2) is 42.5 Å². The largest absolute Gasteiger partial charge is 0.488 e. The van der Waals surface area contributed by atoms with Crippen LogP contribution in [0.5, 0.6) is 5.75 Å². The molecule has 2 aromatic carbocycles. The lowest BCUT2D eigenvalue weighted by molar-refractivity contribution is -0.323. The van der Waals surface area contributed by atoms with Gasteiger partial charge in [0, 0.05) is 30.5 Å². The number of rotatable bonds is 7. The first-order valence-corrected chi connectivity index (χ1v) is 11.1. The van der Waals surface area contributed by atoms with Crippen LogP contribution in [0.25, 0.3) is 0 Å². The van der Waals surface area contributed by atoms with Crippen molar-refractivity contribution < 1.29 is 34.3 Å². The minimum atomic E-state index is -1.30. The van der Waals surface area contributed by atoms with Crippen molar-refractivity contribution in [1.82, 2.24) is 0 Å². The Balaban J connectivity index is 1.53. The predicted octanol–water partition coefficient (Wildman–Crippen LogP) is 2.40. The van der Waals surface area contributed by atoms with Gasteiger partial charge in [-0.15, -0.1) is 0 Å². The minimum absolute atomic E-state index is 0.0269. The molecule has 174 valence electrons. The van der Waals surface area contributed by atoms with Crippen molar-refractivity contribution in [2.75, 3.05) is 26.9 Å². The van der Waals surface area contributed by atoms with Crippen LogP contribution in [0.3, 0.4) is 0 Å². The van der Waals surface area contributed by atoms with Gasteiger partial charge in [-0.1, -0.05) is 29.8 Å². The van der Waals surface area contributed by atoms with Gasteiger partial charge in [0.25, 0.3) is 0 Å². The van der Waals surface area contributed by atoms with Crippen molar-refractivity contribution in [1.29, 1.82) is 0 Å². The highest BCUT2D eigenvalue weighted by Gasteiger charge is 2.47. The fourth-order valence-corrected chi connectivity index (χ4v) is 4.42. The van der Waals surface area contributed by atoms with Gasteiger partial charge < -0.3 is 34.3 Å². The van der Waals surface area contributed by atoms with E-state index in [2.05, 4.69) is 0 Å². The molecule has 0 aromatic heterocycles. The number of methoxy groups -OCH3 is 1. The Hall–Kier alpha value is -1.71. The van der Waals surface area contributed by atoms with E-state index in [4.69, 9.17) is 30.5 Å². The van der Waals surface area contributed by atoms with Crippen molar-refractivity contribution in [2.24, 2.45) is 0 Å². The molecule has 2 aromatic rings. The Bertz CT molecular complexity index is 900. The third kappa shape index (κ3) is 4.94. The van der Waals surface area contributed by atoms with Crippen LogP contribution in [0.2, 0.25) is 5.02 Å². The van der Waals surface area contributed by atoms with E-state index >= 15 is 0 Å². The molecular weight excluding hydrogens is 436 g/mol. The van der Waals surface area contributed by atoms with Gasteiger partial charge in [-0.05, 0) is 41.8 Å². The van der Waals surface area contributed by atoms with Crippen LogP contribution in [0.4, 0.5) is 0 Å². The lowest BCUT2D eigenvalue weighted by Gasteiger charge is -2.44. The number of benzene rings is 2. The summed E-state index contributed by atoms with van der Waals surface area (Å²) in [4.78, 5) is 0. The second kappa shape index (κ2) is 10.1. The van der Waals surface area contributed by atoms with E-state index < -0.39 is 30.7 Å². The third-order valence-electron chi connectivity index (χ3n) is 6.10. The smallest absolute Gasteiger partial charge is 0.197 e. The Morgan fingerprint density at radius 1 is 1.16 bits per heavy atom. The fraction of sp³-hybridized carbons (Fsp3) is 0.500. The molecular formula is C24H29ClO7. The Morgan fingerprint density at radius 2 is 1.94 bits per heavy atom. The van der Waals surface area contributed by atoms with E-state index in [0.717, 1.165) is 29.9 Å². The third-order valence-corrected chi connectivity index (χ3v) is 6.47. The van der Waals surface area contributed by atoms with E-state index in [1.807, 2.05) is 30.3 Å². The van der Waals surface area contributed by atoms with Gasteiger partial charge >= 0.3 is 0 Å². The molecule has 4 rings (SSSR count). The number of hydrogen-bond donors (Lipinski definition) is 3. The van der Waals surface area contributed by atoms with E-state index in [-0.39, 0.29) is 12.5 Å². The molecule has 2 fully saturated rings. The van der Waals surface area contributed by atoms with Crippen molar-refractivity contribution in [2.45, 2.75) is 49.5 Å². The van der Waals surface area contributed by atoms with Crippen LogP contribution in [0, 0.1) is 0 Å². The highest BCUT2D eigenvalue weighted by atomic mass is 35.5. The molecule has 8 heteroatoms. The number of hydrogen-bond acceptors (Lipinski definition) is 7. The van der Waals surface area contributed by atoms with Gasteiger partial charge in [0.15, 0.2) is 5.79 Å². The van der Waals surface area contributed by atoms with Gasteiger partial charge in [-0.2, -0.15) is 0 Å². The van der Waals surface area contributed by atoms with Crippen LogP contribution >= 0.6 is 11.6 Å². The quantitative estimate of drug-likeness (QED) is 0.578. The summed E-state index contributed by atoms with van der Waals surface area (Å²) < 4.78 is 22.8. The van der Waals surface area contributed by atoms with Gasteiger partial charge in [-0.3, -0.25) is 0 Å². The molecule has 0 radical (unpaired) electrons. The zero-order chi connectivity index (χ0) is 22.7. The average Bonchev–Trinajstić information content (AvgIpc) is 3.31. The predicted molar refractivity (Wildman–Crippen MR) is 118 cm³/mol. The Labute approximate surface area is 192 Å². The second-order valence-corrected chi connectivity index (χ2v) is 8.70. The summed E-state index contributed by atoms with van der Waals surface area (Å²) in [6.45, 7) is 0.917. The number of halogens is 1. The molecule has 2 heterocycles. The Kier molecular flexibility index (Phi) is 7.37. The highest BCUT2D eigenvalue weighted by Crippen LogP contribution is 2.40. The van der Waals surface area contributed by atoms with Gasteiger partial charge in [-0.25, -0.2) is 0 Å². The SMILES string of the molecule is CO[C@]1(c2ccc(Cl)c(Cc3ccc(OC4CCOC4)cc3)c2)CC(O)[C@H](O)C(CO)O1. The maximum Gasteiger partial charge on any atom is 0.197 e. The summed E-state index contributed by atoms with van der Waals surface area (Å²) in [5, 5.41) is 30.6. The van der Waals surface area contributed by atoms with Gasteiger partial charge in [0.2, 0.25) is 0 Å². The van der Waals surface area contributed by atoms with Gasteiger partial charge in [0.1, 0.15) is 24.1 Å². The minimum Gasteiger partial charge on any atom is -0.488 e. The van der Waals surface area contributed by atoms with E-state index in [1.165, 1.54) is 7.11 Å². The van der Waals surface area contributed by atoms with Crippen molar-refractivity contribution in [3.05, 3.63) is 64.2 Å². The molecule has 2 saturated heterocycles. The molecule has 2 aliphatic rings.